The lowest BCUT2D eigenvalue weighted by Gasteiger charge is -2.38. The zero-order chi connectivity index (χ0) is 35.4. The van der Waals surface area contributed by atoms with Gasteiger partial charge in [-0.3, -0.25) is 4.79 Å². The average Bonchev–Trinajstić information content (AvgIpc) is 3.69. The number of methoxy groups -OCH3 is 1. The minimum atomic E-state index is -1.85. The number of carbonyl (C=O) groups excluding carboxylic acids is 1. The van der Waals surface area contributed by atoms with Crippen LogP contribution in [0.2, 0.25) is 0 Å². The van der Waals surface area contributed by atoms with Crippen molar-refractivity contribution in [2.75, 3.05) is 19.0 Å². The zero-order valence-corrected chi connectivity index (χ0v) is 27.8. The van der Waals surface area contributed by atoms with Gasteiger partial charge >= 0.3 is 0 Å². The molecule has 2 N–H and O–H groups in total. The number of ether oxygens (including phenoxy) is 3. The van der Waals surface area contributed by atoms with Gasteiger partial charge in [0.15, 0.2) is 5.82 Å². The summed E-state index contributed by atoms with van der Waals surface area (Å²) in [5, 5.41) is 30.2. The van der Waals surface area contributed by atoms with E-state index >= 15 is 0 Å². The molecule has 0 saturated carbocycles. The fourth-order valence-corrected chi connectivity index (χ4v) is 6.75. The number of anilines is 1. The Morgan fingerprint density at radius 3 is 2.10 bits per heavy atom. The van der Waals surface area contributed by atoms with E-state index in [4.69, 9.17) is 14.2 Å². The van der Waals surface area contributed by atoms with Crippen LogP contribution in [-0.4, -0.2) is 57.1 Å². The topological polar surface area (TPSA) is 131 Å². The second-order valence-electron chi connectivity index (χ2n) is 12.0. The first kappa shape index (κ1) is 34.2. The van der Waals surface area contributed by atoms with E-state index in [0.29, 0.717) is 5.52 Å². The number of hydrogen-bond acceptors (Lipinski definition) is 8. The quantitative estimate of drug-likeness (QED) is 0.0962. The molecule has 1 saturated heterocycles. The Morgan fingerprint density at radius 1 is 1.02 bits per heavy atom. The molecule has 2 aromatic heterocycles. The van der Waals surface area contributed by atoms with E-state index < -0.39 is 34.9 Å². The highest BCUT2D eigenvalue weighted by Crippen LogP contribution is 2.48. The fourth-order valence-electron chi connectivity index (χ4n) is 6.75. The minimum Gasteiger partial charge on any atom is -0.384 e. The van der Waals surface area contributed by atoms with Crippen molar-refractivity contribution < 1.29 is 24.1 Å². The van der Waals surface area contributed by atoms with Crippen molar-refractivity contribution >= 4 is 17.2 Å². The van der Waals surface area contributed by atoms with E-state index in [2.05, 4.69) is 34.6 Å². The van der Waals surface area contributed by atoms with Gasteiger partial charge in [0, 0.05) is 12.7 Å². The summed E-state index contributed by atoms with van der Waals surface area (Å²) >= 11 is 0. The molecule has 1 amide bonds. The zero-order valence-electron chi connectivity index (χ0n) is 27.8. The van der Waals surface area contributed by atoms with Crippen molar-refractivity contribution in [1.82, 2.24) is 14.6 Å². The van der Waals surface area contributed by atoms with Gasteiger partial charge in [-0.2, -0.15) is 10.4 Å². The minimum absolute atomic E-state index is 0.130. The maximum Gasteiger partial charge on any atom is 0.256 e. The highest BCUT2D eigenvalue weighted by atomic mass is 16.6. The molecular formula is C40H37N5O5. The van der Waals surface area contributed by atoms with Crippen molar-refractivity contribution in [3.63, 3.8) is 0 Å². The molecule has 1 aliphatic heterocycles. The molecule has 0 aliphatic carbocycles. The number of benzene rings is 3. The molecule has 6 rings (SSSR count). The second kappa shape index (κ2) is 14.0. The van der Waals surface area contributed by atoms with Crippen LogP contribution in [0.3, 0.4) is 0 Å². The second-order valence-corrected chi connectivity index (χ2v) is 12.0. The number of amides is 1. The Bertz CT molecular complexity index is 1970. The molecule has 252 valence electrons. The van der Waals surface area contributed by atoms with Gasteiger partial charge in [-0.05, 0) is 35.7 Å². The standard InChI is InChI=1S/C40H37N5O5/c1-5-16-28(6-2)36(46)44-35-32-23-24-33(45(32)43-27-42-35)39(26-41)37(48-4)38(3,47)34(50-39)25-49-40(29-17-10-7-11-18-29,30-19-12-8-13-20-30)31-21-14-9-15-22-31/h5-24,27,34,37,47H,1-2,25H2,3-4H3,(H,42,43,44,46)/b28-16+. The average molecular weight is 668 g/mol. The Kier molecular flexibility index (Phi) is 9.59. The Morgan fingerprint density at radius 2 is 1.60 bits per heavy atom. The van der Waals surface area contributed by atoms with E-state index in [1.54, 1.807) is 19.1 Å². The molecule has 10 nitrogen and oxygen atoms in total. The van der Waals surface area contributed by atoms with Crippen molar-refractivity contribution in [2.45, 2.75) is 35.9 Å². The number of aliphatic hydroxyl groups is 1. The lowest BCUT2D eigenvalue weighted by atomic mass is 9.80. The summed E-state index contributed by atoms with van der Waals surface area (Å²) in [6, 6.07) is 35.1. The summed E-state index contributed by atoms with van der Waals surface area (Å²) in [4.78, 5) is 17.2. The molecule has 3 aromatic carbocycles. The number of fused-ring (bicyclic) bond motifs is 1. The first-order valence-corrected chi connectivity index (χ1v) is 16.0. The van der Waals surface area contributed by atoms with Crippen LogP contribution in [-0.2, 0) is 30.2 Å². The number of aromatic nitrogens is 3. The summed E-state index contributed by atoms with van der Waals surface area (Å²) in [5.41, 5.74) is -1.11. The molecular weight excluding hydrogens is 630 g/mol. The van der Waals surface area contributed by atoms with Gasteiger partial charge in [-0.25, -0.2) is 9.50 Å². The van der Waals surface area contributed by atoms with Gasteiger partial charge in [0.05, 0.1) is 12.3 Å². The smallest absolute Gasteiger partial charge is 0.256 e. The predicted molar refractivity (Wildman–Crippen MR) is 189 cm³/mol. The Balaban J connectivity index is 1.41. The monoisotopic (exact) mass is 667 g/mol. The van der Waals surface area contributed by atoms with Crippen LogP contribution in [0.4, 0.5) is 5.82 Å². The molecule has 1 fully saturated rings. The summed E-state index contributed by atoms with van der Waals surface area (Å²) in [6.45, 7) is 8.77. The molecule has 4 unspecified atom stereocenters. The molecule has 50 heavy (non-hydrogen) atoms. The molecule has 1 aliphatic rings. The molecule has 5 aromatic rings. The first-order valence-electron chi connectivity index (χ1n) is 16.0. The predicted octanol–water partition coefficient (Wildman–Crippen LogP) is 5.86. The SMILES string of the molecule is C=C/C=C(\C=C)C(=O)Nc1ncnn2c(C3(C#N)OC(COC(c4ccccc4)(c4ccccc4)c4ccccc4)C(C)(O)C3OC)ccc12. The first-order chi connectivity index (χ1) is 24.3. The van der Waals surface area contributed by atoms with Crippen molar-refractivity contribution in [3.8, 4) is 6.07 Å². The van der Waals surface area contributed by atoms with E-state index in [0.717, 1.165) is 16.7 Å². The summed E-state index contributed by atoms with van der Waals surface area (Å²) in [5.74, 6) is -0.262. The maximum absolute atomic E-state index is 12.9. The van der Waals surface area contributed by atoms with Crippen LogP contribution in [0.1, 0.15) is 29.3 Å². The van der Waals surface area contributed by atoms with E-state index in [1.165, 1.54) is 36.2 Å². The van der Waals surface area contributed by atoms with Crippen molar-refractivity contribution in [3.05, 3.63) is 169 Å². The van der Waals surface area contributed by atoms with Gasteiger partial charge in [-0.15, -0.1) is 0 Å². The maximum atomic E-state index is 12.9. The van der Waals surface area contributed by atoms with E-state index in [-0.39, 0.29) is 23.7 Å². The number of allylic oxidation sites excluding steroid dienone is 2. The number of rotatable bonds is 12. The number of nitriles is 1. The third-order valence-electron chi connectivity index (χ3n) is 9.12. The Labute approximate surface area is 290 Å². The highest BCUT2D eigenvalue weighted by Gasteiger charge is 2.65. The van der Waals surface area contributed by atoms with Crippen LogP contribution in [0.15, 0.2) is 146 Å². The summed E-state index contributed by atoms with van der Waals surface area (Å²) < 4.78 is 21.0. The largest absolute Gasteiger partial charge is 0.384 e. The van der Waals surface area contributed by atoms with Crippen LogP contribution in [0.25, 0.3) is 5.52 Å². The molecule has 0 spiro atoms. The van der Waals surface area contributed by atoms with Gasteiger partial charge in [-0.1, -0.05) is 122 Å². The lowest BCUT2D eigenvalue weighted by Crippen LogP contribution is -2.51. The van der Waals surface area contributed by atoms with Crippen molar-refractivity contribution in [2.24, 2.45) is 0 Å². The van der Waals surface area contributed by atoms with E-state index in [9.17, 15) is 15.2 Å². The number of carbonyl (C=O) groups is 1. The highest BCUT2D eigenvalue weighted by molar-refractivity contribution is 6.07. The van der Waals surface area contributed by atoms with Crippen LogP contribution < -0.4 is 5.32 Å². The van der Waals surface area contributed by atoms with Gasteiger partial charge in [0.1, 0.15) is 41.3 Å². The molecule has 0 bridgehead atoms. The Hall–Kier alpha value is -5.70. The van der Waals surface area contributed by atoms with Crippen LogP contribution in [0, 0.1) is 11.3 Å². The van der Waals surface area contributed by atoms with Crippen LogP contribution in [0.5, 0.6) is 0 Å². The van der Waals surface area contributed by atoms with Gasteiger partial charge < -0.3 is 24.6 Å². The van der Waals surface area contributed by atoms with E-state index in [1.807, 2.05) is 91.0 Å². The third kappa shape index (κ3) is 5.72. The third-order valence-corrected chi connectivity index (χ3v) is 9.12. The molecule has 4 atom stereocenters. The number of nitrogens with one attached hydrogen (secondary N) is 1. The summed E-state index contributed by atoms with van der Waals surface area (Å²) in [7, 11) is 1.42. The fraction of sp³-hybridized carbons (Fsp3) is 0.200. The molecule has 3 heterocycles. The van der Waals surface area contributed by atoms with Crippen LogP contribution >= 0.6 is 0 Å². The number of hydrogen-bond donors (Lipinski definition) is 2. The normalized spacial score (nSPS) is 22.2. The summed E-state index contributed by atoms with van der Waals surface area (Å²) in [6.07, 6.45) is 3.44. The number of nitrogens with zero attached hydrogens (tertiary/aromatic N) is 4. The lowest BCUT2D eigenvalue weighted by molar-refractivity contribution is -0.120. The molecule has 10 heteroatoms. The van der Waals surface area contributed by atoms with Gasteiger partial charge in [0.25, 0.3) is 5.91 Å². The van der Waals surface area contributed by atoms with Gasteiger partial charge in [0.2, 0.25) is 5.60 Å². The molecule has 0 radical (unpaired) electrons. The van der Waals surface area contributed by atoms with Crippen molar-refractivity contribution in [1.29, 1.82) is 5.26 Å².